The zero-order chi connectivity index (χ0) is 9.56. The van der Waals surface area contributed by atoms with Crippen molar-refractivity contribution in [3.8, 4) is 0 Å². The summed E-state index contributed by atoms with van der Waals surface area (Å²) in [6.07, 6.45) is 3.10. The third kappa shape index (κ3) is 3.23. The van der Waals surface area contributed by atoms with Crippen molar-refractivity contribution in [3.63, 3.8) is 0 Å². The quantitative estimate of drug-likeness (QED) is 0.461. The Balaban J connectivity index is 4.56. The van der Waals surface area contributed by atoms with Gasteiger partial charge in [0.1, 0.15) is 5.70 Å². The molecule has 66 valence electrons. The molecular formula is C9H14N2O. The van der Waals surface area contributed by atoms with E-state index >= 15 is 0 Å². The van der Waals surface area contributed by atoms with E-state index in [9.17, 15) is 4.79 Å². The van der Waals surface area contributed by atoms with Gasteiger partial charge in [-0.3, -0.25) is 14.8 Å². The fourth-order valence-corrected chi connectivity index (χ4v) is 0.654. The normalized spacial score (nSPS) is 12.5. The number of nitrogens with zero attached hydrogens (tertiary/aromatic N) is 2. The number of Topliss-reactive ketones (excluding diaryl/α,β-unsaturated/α-hetero) is 1. The highest BCUT2D eigenvalue weighted by atomic mass is 16.1. The number of rotatable bonds is 4. The molecule has 0 rings (SSSR count). The molecule has 0 saturated heterocycles. The number of hydrogen-bond acceptors (Lipinski definition) is 3. The first-order valence-electron chi connectivity index (χ1n) is 3.76. The maximum Gasteiger partial charge on any atom is 0.183 e. The number of hydrogen-bond donors (Lipinski definition) is 0. The van der Waals surface area contributed by atoms with Crippen molar-refractivity contribution in [2.75, 3.05) is 7.05 Å². The van der Waals surface area contributed by atoms with Crippen LogP contribution in [0.1, 0.15) is 13.8 Å². The van der Waals surface area contributed by atoms with Gasteiger partial charge in [-0.15, -0.1) is 0 Å². The molecule has 0 atom stereocenters. The molecular weight excluding hydrogens is 152 g/mol. The summed E-state index contributed by atoms with van der Waals surface area (Å²) in [5.74, 6) is -0.0584. The molecule has 0 N–H and O–H groups in total. The minimum Gasteiger partial charge on any atom is -0.296 e. The highest BCUT2D eigenvalue weighted by Crippen LogP contribution is 2.05. The summed E-state index contributed by atoms with van der Waals surface area (Å²) < 4.78 is 0. The zero-order valence-electron chi connectivity index (χ0n) is 7.74. The monoisotopic (exact) mass is 166 g/mol. The number of aliphatic imine (C=N–C) groups is 2. The summed E-state index contributed by atoms with van der Waals surface area (Å²) in [7, 11) is 1.64. The smallest absolute Gasteiger partial charge is 0.183 e. The van der Waals surface area contributed by atoms with Gasteiger partial charge in [0, 0.05) is 19.2 Å². The third-order valence-electron chi connectivity index (χ3n) is 1.33. The molecule has 0 aromatic rings. The summed E-state index contributed by atoms with van der Waals surface area (Å²) in [5.41, 5.74) is 0.371. The van der Waals surface area contributed by atoms with Gasteiger partial charge in [0.25, 0.3) is 0 Å². The summed E-state index contributed by atoms with van der Waals surface area (Å²) in [4.78, 5) is 18.7. The molecule has 3 nitrogen and oxygen atoms in total. The van der Waals surface area contributed by atoms with Crippen molar-refractivity contribution in [2.24, 2.45) is 15.9 Å². The number of carbonyl (C=O) groups excluding carboxylic acids is 1. The van der Waals surface area contributed by atoms with Crippen LogP contribution in [0.25, 0.3) is 0 Å². The first-order valence-corrected chi connectivity index (χ1v) is 3.76. The number of allylic oxidation sites excluding steroid dienone is 2. The predicted octanol–water partition coefficient (Wildman–Crippen LogP) is 1.50. The van der Waals surface area contributed by atoms with E-state index in [2.05, 4.69) is 16.7 Å². The van der Waals surface area contributed by atoms with Crippen molar-refractivity contribution in [1.29, 1.82) is 0 Å². The van der Waals surface area contributed by atoms with E-state index in [0.717, 1.165) is 0 Å². The van der Waals surface area contributed by atoms with E-state index < -0.39 is 0 Å². The second-order valence-electron chi connectivity index (χ2n) is 2.64. The second-order valence-corrected chi connectivity index (χ2v) is 2.64. The van der Waals surface area contributed by atoms with Gasteiger partial charge < -0.3 is 0 Å². The molecule has 0 aromatic heterocycles. The second kappa shape index (κ2) is 5.41. The summed E-state index contributed by atoms with van der Waals surface area (Å²) in [6.45, 7) is 6.96. The lowest BCUT2D eigenvalue weighted by Gasteiger charge is -2.01. The van der Waals surface area contributed by atoms with Crippen molar-refractivity contribution < 1.29 is 4.79 Å². The Kier molecular flexibility index (Phi) is 4.84. The van der Waals surface area contributed by atoms with Gasteiger partial charge in [0.05, 0.1) is 0 Å². The Morgan fingerprint density at radius 1 is 1.50 bits per heavy atom. The molecule has 0 fully saturated rings. The van der Waals surface area contributed by atoms with E-state index in [0.29, 0.717) is 5.70 Å². The van der Waals surface area contributed by atoms with E-state index in [4.69, 9.17) is 0 Å². The van der Waals surface area contributed by atoms with Crippen molar-refractivity contribution >= 4 is 18.7 Å². The fraction of sp³-hybridized carbons (Fsp3) is 0.444. The van der Waals surface area contributed by atoms with E-state index in [-0.39, 0.29) is 11.7 Å². The van der Waals surface area contributed by atoms with Crippen LogP contribution >= 0.6 is 0 Å². The topological polar surface area (TPSA) is 41.8 Å². The highest BCUT2D eigenvalue weighted by Gasteiger charge is 2.10. The molecule has 0 aliphatic rings. The predicted molar refractivity (Wildman–Crippen MR) is 51.9 cm³/mol. The van der Waals surface area contributed by atoms with Crippen LogP contribution in [-0.4, -0.2) is 25.8 Å². The molecule has 0 aliphatic carbocycles. The largest absolute Gasteiger partial charge is 0.296 e. The van der Waals surface area contributed by atoms with Crippen LogP contribution in [0.5, 0.6) is 0 Å². The molecule has 0 unspecified atom stereocenters. The molecule has 0 radical (unpaired) electrons. The molecule has 0 heterocycles. The summed E-state index contributed by atoms with van der Waals surface area (Å²) in [5, 5.41) is 0. The molecule has 0 bridgehead atoms. The average molecular weight is 166 g/mol. The van der Waals surface area contributed by atoms with Crippen LogP contribution in [0.4, 0.5) is 0 Å². The van der Waals surface area contributed by atoms with Gasteiger partial charge in [0.15, 0.2) is 5.78 Å². The van der Waals surface area contributed by atoms with Crippen LogP contribution in [0.15, 0.2) is 21.8 Å². The van der Waals surface area contributed by atoms with Gasteiger partial charge in [-0.1, -0.05) is 13.8 Å². The minimum atomic E-state index is -0.0491. The average Bonchev–Trinajstić information content (AvgIpc) is 2.05. The number of carbonyl (C=O) groups is 1. The van der Waals surface area contributed by atoms with Gasteiger partial charge in [-0.25, -0.2) is 0 Å². The lowest BCUT2D eigenvalue weighted by molar-refractivity contribution is -0.118. The standard InChI is InChI=1S/C9H14N2O/c1-7(2)9(12)8(11-4)5-6-10-3/h5-7H,4H2,1-3H3/b8-5-,10-6?. The van der Waals surface area contributed by atoms with Gasteiger partial charge in [-0.05, 0) is 12.8 Å². The van der Waals surface area contributed by atoms with Gasteiger partial charge >= 0.3 is 0 Å². The van der Waals surface area contributed by atoms with E-state index in [1.54, 1.807) is 13.1 Å². The lowest BCUT2D eigenvalue weighted by atomic mass is 10.1. The minimum absolute atomic E-state index is 0.00935. The Hall–Kier alpha value is -1.25. The molecule has 3 heteroatoms. The summed E-state index contributed by atoms with van der Waals surface area (Å²) >= 11 is 0. The molecule has 0 spiro atoms. The maximum atomic E-state index is 11.3. The zero-order valence-corrected chi connectivity index (χ0v) is 7.74. The van der Waals surface area contributed by atoms with Gasteiger partial charge in [-0.2, -0.15) is 0 Å². The first kappa shape index (κ1) is 10.8. The lowest BCUT2D eigenvalue weighted by Crippen LogP contribution is -2.08. The number of ketones is 1. The van der Waals surface area contributed by atoms with Gasteiger partial charge in [0.2, 0.25) is 0 Å². The Bertz CT molecular complexity index is 227. The van der Waals surface area contributed by atoms with Crippen LogP contribution in [0.2, 0.25) is 0 Å². The van der Waals surface area contributed by atoms with Crippen LogP contribution in [0, 0.1) is 5.92 Å². The van der Waals surface area contributed by atoms with Crippen molar-refractivity contribution in [3.05, 3.63) is 11.8 Å². The van der Waals surface area contributed by atoms with Crippen molar-refractivity contribution in [1.82, 2.24) is 0 Å². The SMILES string of the molecule is C=N/C(=C\C=NC)C(=O)C(C)C. The van der Waals surface area contributed by atoms with E-state index in [1.165, 1.54) is 6.21 Å². The van der Waals surface area contributed by atoms with E-state index in [1.807, 2.05) is 13.8 Å². The Morgan fingerprint density at radius 2 is 2.08 bits per heavy atom. The molecule has 0 amide bonds. The van der Waals surface area contributed by atoms with Crippen LogP contribution in [0.3, 0.4) is 0 Å². The third-order valence-corrected chi connectivity index (χ3v) is 1.33. The van der Waals surface area contributed by atoms with Crippen molar-refractivity contribution in [2.45, 2.75) is 13.8 Å². The van der Waals surface area contributed by atoms with Crippen LogP contribution < -0.4 is 0 Å². The van der Waals surface area contributed by atoms with Crippen LogP contribution in [-0.2, 0) is 4.79 Å². The Labute approximate surface area is 72.9 Å². The summed E-state index contributed by atoms with van der Waals surface area (Å²) in [6, 6.07) is 0. The molecule has 0 aromatic carbocycles. The Morgan fingerprint density at radius 3 is 2.42 bits per heavy atom. The maximum absolute atomic E-state index is 11.3. The highest BCUT2D eigenvalue weighted by molar-refractivity contribution is 6.00. The fourth-order valence-electron chi connectivity index (χ4n) is 0.654. The molecule has 0 aliphatic heterocycles. The molecule has 12 heavy (non-hydrogen) atoms. The molecule has 0 saturated carbocycles. The first-order chi connectivity index (χ1) is 5.63.